The van der Waals surface area contributed by atoms with Crippen LogP contribution in [0, 0.1) is 11.7 Å². The molecule has 2 amide bonds. The van der Waals surface area contributed by atoms with Gasteiger partial charge in [0, 0.05) is 7.05 Å². The number of hydrogen-bond acceptors (Lipinski definition) is 3. The number of amides is 2. The summed E-state index contributed by atoms with van der Waals surface area (Å²) in [6.45, 7) is 5.84. The SMILES string of the molecule is CC(C)[C@@H](NC(=O)N[C@@H](C)c1nncn1C)c1ccc(F)cc1. The first kappa shape index (κ1) is 16.9. The quantitative estimate of drug-likeness (QED) is 0.890. The van der Waals surface area contributed by atoms with E-state index in [1.807, 2.05) is 27.8 Å². The van der Waals surface area contributed by atoms with Gasteiger partial charge in [0.15, 0.2) is 5.82 Å². The van der Waals surface area contributed by atoms with E-state index in [0.717, 1.165) is 5.56 Å². The van der Waals surface area contributed by atoms with Crippen LogP contribution in [0.15, 0.2) is 30.6 Å². The van der Waals surface area contributed by atoms with E-state index in [-0.39, 0.29) is 29.8 Å². The smallest absolute Gasteiger partial charge is 0.315 e. The lowest BCUT2D eigenvalue weighted by atomic mass is 9.96. The molecular formula is C16H22FN5O. The predicted octanol–water partition coefficient (Wildman–Crippen LogP) is 2.71. The second-order valence-electron chi connectivity index (χ2n) is 5.91. The third kappa shape index (κ3) is 4.28. The van der Waals surface area contributed by atoms with Gasteiger partial charge in [0.25, 0.3) is 0 Å². The number of nitrogens with one attached hydrogen (secondary N) is 2. The Morgan fingerprint density at radius 2 is 1.83 bits per heavy atom. The van der Waals surface area contributed by atoms with E-state index in [4.69, 9.17) is 0 Å². The lowest BCUT2D eigenvalue weighted by Gasteiger charge is -2.24. The fraction of sp³-hybridized carbons (Fsp3) is 0.438. The average Bonchev–Trinajstić information content (AvgIpc) is 2.92. The number of urea groups is 1. The molecule has 7 heteroatoms. The molecule has 0 bridgehead atoms. The Hall–Kier alpha value is -2.44. The van der Waals surface area contributed by atoms with Crippen LogP contribution in [-0.4, -0.2) is 20.8 Å². The van der Waals surface area contributed by atoms with E-state index >= 15 is 0 Å². The first-order chi connectivity index (χ1) is 10.9. The Balaban J connectivity index is 2.04. The molecule has 0 spiro atoms. The normalized spacial score (nSPS) is 13.7. The number of rotatable bonds is 5. The summed E-state index contributed by atoms with van der Waals surface area (Å²) in [6, 6.07) is 5.38. The Morgan fingerprint density at radius 1 is 1.17 bits per heavy atom. The van der Waals surface area contributed by atoms with Gasteiger partial charge in [-0.15, -0.1) is 10.2 Å². The third-order valence-electron chi connectivity index (χ3n) is 3.66. The molecule has 0 saturated heterocycles. The molecule has 0 aliphatic carbocycles. The van der Waals surface area contributed by atoms with Crippen LogP contribution in [0.25, 0.3) is 0 Å². The minimum atomic E-state index is -0.302. The Bertz CT molecular complexity index is 653. The molecule has 2 rings (SSSR count). The molecule has 124 valence electrons. The predicted molar refractivity (Wildman–Crippen MR) is 85.1 cm³/mol. The fourth-order valence-corrected chi connectivity index (χ4v) is 2.43. The van der Waals surface area contributed by atoms with Crippen molar-refractivity contribution in [3.63, 3.8) is 0 Å². The molecule has 6 nitrogen and oxygen atoms in total. The molecular weight excluding hydrogens is 297 g/mol. The zero-order valence-electron chi connectivity index (χ0n) is 13.7. The van der Waals surface area contributed by atoms with Gasteiger partial charge >= 0.3 is 6.03 Å². The number of hydrogen-bond donors (Lipinski definition) is 2. The summed E-state index contributed by atoms with van der Waals surface area (Å²) in [4.78, 5) is 12.3. The van der Waals surface area contributed by atoms with Crippen LogP contribution in [-0.2, 0) is 7.05 Å². The van der Waals surface area contributed by atoms with Crippen molar-refractivity contribution in [1.82, 2.24) is 25.4 Å². The molecule has 2 atom stereocenters. The van der Waals surface area contributed by atoms with Gasteiger partial charge in [0.2, 0.25) is 0 Å². The van der Waals surface area contributed by atoms with Gasteiger partial charge in [-0.25, -0.2) is 9.18 Å². The minimum absolute atomic E-state index is 0.163. The molecule has 0 fully saturated rings. The highest BCUT2D eigenvalue weighted by Gasteiger charge is 2.20. The topological polar surface area (TPSA) is 71.8 Å². The van der Waals surface area contributed by atoms with Crippen LogP contribution in [0.3, 0.4) is 0 Å². The van der Waals surface area contributed by atoms with Crippen molar-refractivity contribution in [3.8, 4) is 0 Å². The Kier molecular flexibility index (Phi) is 5.31. The van der Waals surface area contributed by atoms with Gasteiger partial charge in [-0.3, -0.25) is 0 Å². The lowest BCUT2D eigenvalue weighted by Crippen LogP contribution is -2.41. The number of carbonyl (C=O) groups excluding carboxylic acids is 1. The highest BCUT2D eigenvalue weighted by Crippen LogP contribution is 2.22. The maximum atomic E-state index is 13.1. The lowest BCUT2D eigenvalue weighted by molar-refractivity contribution is 0.229. The van der Waals surface area contributed by atoms with Crippen molar-refractivity contribution in [2.75, 3.05) is 0 Å². The summed E-state index contributed by atoms with van der Waals surface area (Å²) in [6.07, 6.45) is 1.58. The number of nitrogens with zero attached hydrogens (tertiary/aromatic N) is 3. The molecule has 1 heterocycles. The van der Waals surface area contributed by atoms with Crippen LogP contribution in [0.4, 0.5) is 9.18 Å². The van der Waals surface area contributed by atoms with Gasteiger partial charge in [0.05, 0.1) is 12.1 Å². The van der Waals surface area contributed by atoms with E-state index < -0.39 is 0 Å². The van der Waals surface area contributed by atoms with Crippen molar-refractivity contribution < 1.29 is 9.18 Å². The van der Waals surface area contributed by atoms with Crippen LogP contribution >= 0.6 is 0 Å². The van der Waals surface area contributed by atoms with E-state index in [9.17, 15) is 9.18 Å². The first-order valence-corrected chi connectivity index (χ1v) is 7.55. The van der Waals surface area contributed by atoms with Crippen molar-refractivity contribution in [2.45, 2.75) is 32.9 Å². The maximum Gasteiger partial charge on any atom is 0.315 e. The Labute approximate surface area is 135 Å². The fourth-order valence-electron chi connectivity index (χ4n) is 2.43. The molecule has 2 aromatic rings. The summed E-state index contributed by atoms with van der Waals surface area (Å²) in [7, 11) is 1.82. The molecule has 0 aliphatic heterocycles. The monoisotopic (exact) mass is 319 g/mol. The molecule has 0 radical (unpaired) electrons. The van der Waals surface area contributed by atoms with Gasteiger partial charge in [-0.05, 0) is 30.5 Å². The van der Waals surface area contributed by atoms with E-state index in [2.05, 4.69) is 20.8 Å². The number of carbonyl (C=O) groups is 1. The molecule has 1 aromatic heterocycles. The number of aromatic nitrogens is 3. The minimum Gasteiger partial charge on any atom is -0.331 e. The van der Waals surface area contributed by atoms with Crippen molar-refractivity contribution in [3.05, 3.63) is 47.8 Å². The number of benzene rings is 1. The van der Waals surface area contributed by atoms with Crippen LogP contribution in [0.5, 0.6) is 0 Å². The maximum absolute atomic E-state index is 13.1. The molecule has 23 heavy (non-hydrogen) atoms. The summed E-state index contributed by atoms with van der Waals surface area (Å²) in [5.41, 5.74) is 0.864. The second kappa shape index (κ2) is 7.21. The summed E-state index contributed by atoms with van der Waals surface area (Å²) >= 11 is 0. The largest absolute Gasteiger partial charge is 0.331 e. The molecule has 1 aromatic carbocycles. The average molecular weight is 319 g/mol. The summed E-state index contributed by atoms with van der Waals surface area (Å²) in [5, 5.41) is 13.6. The molecule has 0 aliphatic rings. The Morgan fingerprint density at radius 3 is 2.35 bits per heavy atom. The molecule has 0 saturated carbocycles. The first-order valence-electron chi connectivity index (χ1n) is 7.55. The van der Waals surface area contributed by atoms with E-state index in [1.54, 1.807) is 23.0 Å². The van der Waals surface area contributed by atoms with Crippen LogP contribution in [0.1, 0.15) is 44.2 Å². The van der Waals surface area contributed by atoms with Crippen molar-refractivity contribution in [2.24, 2.45) is 13.0 Å². The van der Waals surface area contributed by atoms with Gasteiger partial charge in [0.1, 0.15) is 12.1 Å². The van der Waals surface area contributed by atoms with Crippen LogP contribution in [0.2, 0.25) is 0 Å². The van der Waals surface area contributed by atoms with Crippen molar-refractivity contribution in [1.29, 1.82) is 0 Å². The second-order valence-corrected chi connectivity index (χ2v) is 5.91. The van der Waals surface area contributed by atoms with E-state index in [0.29, 0.717) is 5.82 Å². The number of aryl methyl sites for hydroxylation is 1. The zero-order valence-corrected chi connectivity index (χ0v) is 13.7. The highest BCUT2D eigenvalue weighted by atomic mass is 19.1. The standard InChI is InChI=1S/C16H22FN5O/c1-10(2)14(12-5-7-13(17)8-6-12)20-16(23)19-11(3)15-21-18-9-22(15)4/h5-11,14H,1-4H3,(H2,19,20,23)/t11-,14+/m0/s1. The van der Waals surface area contributed by atoms with Gasteiger partial charge in [-0.2, -0.15) is 0 Å². The van der Waals surface area contributed by atoms with Gasteiger partial charge < -0.3 is 15.2 Å². The molecule has 2 N–H and O–H groups in total. The third-order valence-corrected chi connectivity index (χ3v) is 3.66. The van der Waals surface area contributed by atoms with E-state index in [1.165, 1.54) is 12.1 Å². The summed E-state index contributed by atoms with van der Waals surface area (Å²) in [5.74, 6) is 0.538. The van der Waals surface area contributed by atoms with Gasteiger partial charge in [-0.1, -0.05) is 26.0 Å². The highest BCUT2D eigenvalue weighted by molar-refractivity contribution is 5.74. The summed E-state index contributed by atoms with van der Waals surface area (Å²) < 4.78 is 14.8. The number of halogens is 1. The zero-order chi connectivity index (χ0) is 17.0. The molecule has 0 unspecified atom stereocenters. The van der Waals surface area contributed by atoms with Crippen molar-refractivity contribution >= 4 is 6.03 Å². The van der Waals surface area contributed by atoms with Crippen LogP contribution < -0.4 is 10.6 Å².